The number of carbonyl (C=O) groups is 1. The Labute approximate surface area is 227 Å². The van der Waals surface area contributed by atoms with E-state index in [1.165, 1.54) is 24.3 Å². The minimum atomic E-state index is -4.25. The molecular weight excluding hydrogens is 542 g/mol. The van der Waals surface area contributed by atoms with Crippen molar-refractivity contribution in [1.29, 1.82) is 0 Å². The number of fused-ring (bicyclic) bond motifs is 1. The van der Waals surface area contributed by atoms with E-state index in [2.05, 4.69) is 4.72 Å². The van der Waals surface area contributed by atoms with Crippen molar-refractivity contribution in [2.24, 2.45) is 5.73 Å². The summed E-state index contributed by atoms with van der Waals surface area (Å²) in [6, 6.07) is 17.2. The summed E-state index contributed by atoms with van der Waals surface area (Å²) >= 11 is 0. The van der Waals surface area contributed by atoms with Gasteiger partial charge in [-0.1, -0.05) is 31.0 Å². The lowest BCUT2D eigenvalue weighted by atomic mass is 10.0. The number of carbonyl (C=O) groups excluding carboxylic acids is 1. The molecule has 3 N–H and O–H groups in total. The van der Waals surface area contributed by atoms with Gasteiger partial charge in [-0.05, 0) is 78.9 Å². The van der Waals surface area contributed by atoms with Crippen molar-refractivity contribution in [1.82, 2.24) is 4.72 Å². The van der Waals surface area contributed by atoms with E-state index >= 15 is 0 Å². The van der Waals surface area contributed by atoms with Crippen LogP contribution in [0.2, 0.25) is 0 Å². The maximum Gasteiger partial charge on any atom is 0.264 e. The topological polar surface area (TPSA) is 145 Å². The average Bonchev–Trinajstić information content (AvgIpc) is 3.59. The third-order valence-corrected chi connectivity index (χ3v) is 10.1. The molecule has 10 nitrogen and oxygen atoms in total. The molecular formula is C27H29N3O7S2. The van der Waals surface area contributed by atoms with Gasteiger partial charge in [0, 0.05) is 6.04 Å². The van der Waals surface area contributed by atoms with Gasteiger partial charge in [0.1, 0.15) is 6.54 Å². The number of rotatable bonds is 10. The molecule has 39 heavy (non-hydrogen) atoms. The third-order valence-electron chi connectivity index (χ3n) is 6.74. The van der Waals surface area contributed by atoms with Gasteiger partial charge in [-0.15, -0.1) is 0 Å². The first-order valence-electron chi connectivity index (χ1n) is 12.5. The number of benzene rings is 3. The summed E-state index contributed by atoms with van der Waals surface area (Å²) in [5.74, 6) is 0.476. The normalized spacial score (nSPS) is 15.4. The highest BCUT2D eigenvalue weighted by atomic mass is 32.2. The number of nitrogens with one attached hydrogen (secondary N) is 1. The molecule has 1 heterocycles. The largest absolute Gasteiger partial charge is 0.454 e. The second-order valence-electron chi connectivity index (χ2n) is 9.59. The Kier molecular flexibility index (Phi) is 7.52. The van der Waals surface area contributed by atoms with Crippen LogP contribution in [-0.4, -0.2) is 42.1 Å². The fraction of sp³-hybridized carbons (Fsp3) is 0.296. The number of sulfonamides is 2. The minimum absolute atomic E-state index is 0.0273. The highest BCUT2D eigenvalue weighted by Crippen LogP contribution is 2.33. The summed E-state index contributed by atoms with van der Waals surface area (Å²) in [5.41, 5.74) is 7.41. The van der Waals surface area contributed by atoms with Crippen LogP contribution < -0.4 is 24.2 Å². The summed E-state index contributed by atoms with van der Waals surface area (Å²) < 4.78 is 67.2. The van der Waals surface area contributed by atoms with Crippen LogP contribution in [0, 0.1) is 0 Å². The van der Waals surface area contributed by atoms with Crippen LogP contribution in [-0.2, 0) is 31.3 Å². The summed E-state index contributed by atoms with van der Waals surface area (Å²) in [7, 11) is -8.04. The predicted molar refractivity (Wildman–Crippen MR) is 145 cm³/mol. The zero-order valence-corrected chi connectivity index (χ0v) is 22.7. The summed E-state index contributed by atoms with van der Waals surface area (Å²) in [6.45, 7) is -0.419. The van der Waals surface area contributed by atoms with Gasteiger partial charge >= 0.3 is 0 Å². The quantitative estimate of drug-likeness (QED) is 0.381. The van der Waals surface area contributed by atoms with E-state index in [1.807, 2.05) is 24.3 Å². The molecule has 0 bridgehead atoms. The van der Waals surface area contributed by atoms with Gasteiger partial charge in [-0.25, -0.2) is 21.6 Å². The summed E-state index contributed by atoms with van der Waals surface area (Å²) in [4.78, 5) is 11.7. The van der Waals surface area contributed by atoms with Crippen molar-refractivity contribution >= 4 is 31.6 Å². The molecule has 0 spiro atoms. The Morgan fingerprint density at radius 2 is 1.54 bits per heavy atom. The lowest BCUT2D eigenvalue weighted by Gasteiger charge is -2.24. The van der Waals surface area contributed by atoms with Crippen molar-refractivity contribution in [2.75, 3.05) is 17.6 Å². The molecule has 3 aromatic rings. The van der Waals surface area contributed by atoms with Crippen LogP contribution in [0.3, 0.4) is 0 Å². The monoisotopic (exact) mass is 571 g/mol. The van der Waals surface area contributed by atoms with Crippen molar-refractivity contribution in [3.8, 4) is 11.5 Å². The molecule has 1 amide bonds. The molecule has 1 aliphatic heterocycles. The van der Waals surface area contributed by atoms with E-state index in [4.69, 9.17) is 15.2 Å². The van der Waals surface area contributed by atoms with Gasteiger partial charge in [-0.2, -0.15) is 0 Å². The molecule has 0 aromatic heterocycles. The lowest BCUT2D eigenvalue weighted by molar-refractivity contribution is -0.116. The van der Waals surface area contributed by atoms with Crippen LogP contribution >= 0.6 is 0 Å². The van der Waals surface area contributed by atoms with Crippen LogP contribution in [0.1, 0.15) is 36.8 Å². The standard InChI is InChI=1S/C27H29N3O7S2/c28-27(31)17-30(22-7-3-4-19(15-22)14-20-8-13-25-26(16-20)37-18-36-25)39(34,35)24-11-9-23(10-12-24)38(32,33)29-21-5-1-2-6-21/h3-4,7-13,15-16,21,29H,1-2,5-6,14,17-18H2,(H2,28,31). The molecule has 5 rings (SSSR count). The minimum Gasteiger partial charge on any atom is -0.454 e. The molecule has 12 heteroatoms. The van der Waals surface area contributed by atoms with Crippen LogP contribution in [0.5, 0.6) is 11.5 Å². The molecule has 1 saturated carbocycles. The van der Waals surface area contributed by atoms with Gasteiger partial charge in [0.05, 0.1) is 15.5 Å². The molecule has 0 radical (unpaired) electrons. The third kappa shape index (κ3) is 6.02. The number of hydrogen-bond donors (Lipinski definition) is 2. The number of nitrogens with zero attached hydrogens (tertiary/aromatic N) is 1. The Morgan fingerprint density at radius 3 is 2.26 bits per heavy atom. The number of anilines is 1. The second-order valence-corrected chi connectivity index (χ2v) is 13.2. The van der Waals surface area contributed by atoms with E-state index in [0.717, 1.165) is 41.1 Å². The maximum atomic E-state index is 13.6. The van der Waals surface area contributed by atoms with Gasteiger partial charge in [0.25, 0.3) is 10.0 Å². The zero-order valence-electron chi connectivity index (χ0n) is 21.1. The highest BCUT2D eigenvalue weighted by molar-refractivity contribution is 7.93. The van der Waals surface area contributed by atoms with Crippen molar-refractivity contribution in [3.63, 3.8) is 0 Å². The van der Waals surface area contributed by atoms with Crippen LogP contribution in [0.4, 0.5) is 5.69 Å². The summed E-state index contributed by atoms with van der Waals surface area (Å²) in [5, 5.41) is 0. The Balaban J connectivity index is 1.40. The molecule has 206 valence electrons. The lowest BCUT2D eigenvalue weighted by Crippen LogP contribution is -2.38. The molecule has 0 unspecified atom stereocenters. The van der Waals surface area contributed by atoms with Crippen molar-refractivity contribution in [3.05, 3.63) is 77.9 Å². The molecule has 0 saturated heterocycles. The Hall–Kier alpha value is -3.61. The number of primary amides is 1. The first kappa shape index (κ1) is 27.0. The second kappa shape index (κ2) is 10.9. The fourth-order valence-corrected chi connectivity index (χ4v) is 7.54. The Morgan fingerprint density at radius 1 is 0.872 bits per heavy atom. The fourth-order valence-electron chi connectivity index (χ4n) is 4.81. The molecule has 1 fully saturated rings. The van der Waals surface area contributed by atoms with Crippen LogP contribution in [0.25, 0.3) is 0 Å². The van der Waals surface area contributed by atoms with Gasteiger partial charge in [0.2, 0.25) is 22.7 Å². The molecule has 1 aliphatic carbocycles. The smallest absolute Gasteiger partial charge is 0.264 e. The molecule has 2 aliphatic rings. The highest BCUT2D eigenvalue weighted by Gasteiger charge is 2.28. The van der Waals surface area contributed by atoms with Gasteiger partial charge < -0.3 is 15.2 Å². The number of ether oxygens (including phenoxy) is 2. The van der Waals surface area contributed by atoms with E-state index in [1.54, 1.807) is 18.2 Å². The predicted octanol–water partition coefficient (Wildman–Crippen LogP) is 2.91. The summed E-state index contributed by atoms with van der Waals surface area (Å²) in [6.07, 6.45) is 3.98. The zero-order chi connectivity index (χ0) is 27.6. The average molecular weight is 572 g/mol. The van der Waals surface area contributed by atoms with E-state index in [0.29, 0.717) is 17.9 Å². The van der Waals surface area contributed by atoms with E-state index in [9.17, 15) is 21.6 Å². The Bertz CT molecular complexity index is 1580. The van der Waals surface area contributed by atoms with E-state index < -0.39 is 32.5 Å². The first-order chi connectivity index (χ1) is 18.6. The molecule has 3 aromatic carbocycles. The van der Waals surface area contributed by atoms with Crippen molar-refractivity contribution in [2.45, 2.75) is 47.9 Å². The van der Waals surface area contributed by atoms with Crippen LogP contribution in [0.15, 0.2) is 76.5 Å². The molecule has 0 atom stereocenters. The first-order valence-corrected chi connectivity index (χ1v) is 15.4. The van der Waals surface area contributed by atoms with Gasteiger partial charge in [-0.3, -0.25) is 9.10 Å². The number of nitrogens with two attached hydrogens (primary N) is 1. The maximum absolute atomic E-state index is 13.6. The SMILES string of the molecule is NC(=O)CN(c1cccc(Cc2ccc3c(c2)OCO3)c1)S(=O)(=O)c1ccc(S(=O)(=O)NC2CCCC2)cc1. The van der Waals surface area contributed by atoms with E-state index in [-0.39, 0.29) is 28.3 Å². The number of hydrogen-bond acceptors (Lipinski definition) is 7. The van der Waals surface area contributed by atoms with Crippen molar-refractivity contribution < 1.29 is 31.1 Å². The number of amides is 1. The van der Waals surface area contributed by atoms with Gasteiger partial charge in [0.15, 0.2) is 11.5 Å².